The van der Waals surface area contributed by atoms with Crippen molar-refractivity contribution in [2.45, 2.75) is 24.8 Å². The first-order valence-corrected chi connectivity index (χ1v) is 8.41. The van der Waals surface area contributed by atoms with Gasteiger partial charge in [-0.1, -0.05) is 18.5 Å². The number of sulfonamides is 1. The van der Waals surface area contributed by atoms with Crippen LogP contribution < -0.4 is 10.5 Å². The van der Waals surface area contributed by atoms with Gasteiger partial charge in [0, 0.05) is 17.7 Å². The van der Waals surface area contributed by atoms with E-state index in [0.29, 0.717) is 18.0 Å². The third-order valence-electron chi connectivity index (χ3n) is 3.03. The molecule has 2 aromatic rings. The van der Waals surface area contributed by atoms with Crippen molar-refractivity contribution in [2.24, 2.45) is 5.14 Å². The van der Waals surface area contributed by atoms with Gasteiger partial charge in [0.1, 0.15) is 10.7 Å². The molecule has 0 atom stereocenters. The van der Waals surface area contributed by atoms with Crippen molar-refractivity contribution in [3.63, 3.8) is 0 Å². The van der Waals surface area contributed by atoms with Gasteiger partial charge >= 0.3 is 0 Å². The van der Waals surface area contributed by atoms with E-state index >= 15 is 0 Å². The summed E-state index contributed by atoms with van der Waals surface area (Å²) in [6.07, 6.45) is 1.76. The van der Waals surface area contributed by atoms with Crippen LogP contribution in [-0.4, -0.2) is 14.2 Å². The number of carbonyl (C=O) groups is 1. The zero-order chi connectivity index (χ0) is 16.3. The summed E-state index contributed by atoms with van der Waals surface area (Å²) in [6, 6.07) is 6.10. The van der Waals surface area contributed by atoms with Crippen LogP contribution in [0.25, 0.3) is 0 Å². The molecule has 0 unspecified atom stereocenters. The third kappa shape index (κ3) is 3.68. The molecule has 2 rings (SSSR count). The zero-order valence-electron chi connectivity index (χ0n) is 11.8. The van der Waals surface area contributed by atoms with E-state index in [1.165, 1.54) is 18.4 Å². The molecule has 1 heterocycles. The molecule has 1 aromatic heterocycles. The minimum absolute atomic E-state index is 0.0444. The van der Waals surface area contributed by atoms with Crippen LogP contribution >= 0.6 is 11.6 Å². The van der Waals surface area contributed by atoms with E-state index in [1.807, 2.05) is 0 Å². The first-order valence-electron chi connectivity index (χ1n) is 6.48. The van der Waals surface area contributed by atoms with Gasteiger partial charge in [-0.2, -0.15) is 0 Å². The number of furan rings is 1. The second-order valence-electron chi connectivity index (χ2n) is 4.58. The molecule has 0 aliphatic rings. The topological polar surface area (TPSA) is 102 Å². The number of carbonyl (C=O) groups excluding carboxylic acids is 1. The van der Waals surface area contributed by atoms with Gasteiger partial charge < -0.3 is 9.73 Å². The van der Waals surface area contributed by atoms with Gasteiger partial charge in [0.05, 0.1) is 17.8 Å². The van der Waals surface area contributed by atoms with Gasteiger partial charge in [-0.15, -0.1) is 0 Å². The minimum atomic E-state index is -4.00. The molecule has 8 heteroatoms. The Labute approximate surface area is 133 Å². The number of Topliss-reactive ketones (excluding diaryl/α,β-unsaturated/α-hetero) is 1. The van der Waals surface area contributed by atoms with Gasteiger partial charge in [-0.3, -0.25) is 4.79 Å². The molecular formula is C14H15ClN2O4S. The minimum Gasteiger partial charge on any atom is -0.467 e. The number of anilines is 1. The fourth-order valence-electron chi connectivity index (χ4n) is 1.93. The van der Waals surface area contributed by atoms with Gasteiger partial charge in [-0.05, 0) is 24.3 Å². The molecule has 0 radical (unpaired) electrons. The molecule has 1 aromatic carbocycles. The van der Waals surface area contributed by atoms with Gasteiger partial charge in [0.2, 0.25) is 10.0 Å². The van der Waals surface area contributed by atoms with Crippen molar-refractivity contribution in [3.05, 3.63) is 46.9 Å². The number of nitrogens with one attached hydrogen (secondary N) is 1. The van der Waals surface area contributed by atoms with E-state index in [-0.39, 0.29) is 27.7 Å². The molecule has 0 aliphatic carbocycles. The zero-order valence-corrected chi connectivity index (χ0v) is 13.4. The molecule has 0 amide bonds. The first kappa shape index (κ1) is 16.5. The molecule has 0 saturated heterocycles. The molecule has 6 nitrogen and oxygen atoms in total. The molecule has 0 saturated carbocycles. The summed E-state index contributed by atoms with van der Waals surface area (Å²) < 4.78 is 28.2. The van der Waals surface area contributed by atoms with Crippen molar-refractivity contribution in [1.82, 2.24) is 0 Å². The Balaban J connectivity index is 2.43. The summed E-state index contributed by atoms with van der Waals surface area (Å²) in [6.45, 7) is 2.02. The standard InChI is InChI=1S/C14H15ClN2O4S/c1-2-13(18)10-6-14(22(16,19)20)11(15)7-12(10)17-8-9-4-3-5-21-9/h3-7,17H,2,8H2,1H3,(H2,16,19,20). The number of hydrogen-bond acceptors (Lipinski definition) is 5. The van der Waals surface area contributed by atoms with Crippen LogP contribution in [0, 0.1) is 0 Å². The molecule has 0 bridgehead atoms. The van der Waals surface area contributed by atoms with Crippen molar-refractivity contribution in [3.8, 4) is 0 Å². The molecular weight excluding hydrogens is 328 g/mol. The van der Waals surface area contributed by atoms with Crippen molar-refractivity contribution in [2.75, 3.05) is 5.32 Å². The maximum atomic E-state index is 12.0. The second-order valence-corrected chi connectivity index (χ2v) is 6.52. The Morgan fingerprint density at radius 1 is 1.41 bits per heavy atom. The Hall–Kier alpha value is -1.83. The number of ketones is 1. The van der Waals surface area contributed by atoms with E-state index in [4.69, 9.17) is 21.2 Å². The highest BCUT2D eigenvalue weighted by Crippen LogP contribution is 2.29. The fourth-order valence-corrected chi connectivity index (χ4v) is 3.03. The maximum Gasteiger partial charge on any atom is 0.239 e. The Kier molecular flexibility index (Phi) is 4.90. The van der Waals surface area contributed by atoms with Crippen LogP contribution in [0.2, 0.25) is 5.02 Å². The quantitative estimate of drug-likeness (QED) is 0.786. The molecule has 0 spiro atoms. The summed E-state index contributed by atoms with van der Waals surface area (Å²) >= 11 is 5.96. The summed E-state index contributed by atoms with van der Waals surface area (Å²) in [5, 5.41) is 8.08. The smallest absolute Gasteiger partial charge is 0.239 e. The lowest BCUT2D eigenvalue weighted by molar-refractivity contribution is 0.0988. The summed E-state index contributed by atoms with van der Waals surface area (Å²) in [5.74, 6) is 0.449. The lowest BCUT2D eigenvalue weighted by Gasteiger charge is -2.13. The summed E-state index contributed by atoms with van der Waals surface area (Å²) in [4.78, 5) is 11.8. The number of benzene rings is 1. The molecule has 118 valence electrons. The Morgan fingerprint density at radius 2 is 2.14 bits per heavy atom. The van der Waals surface area contributed by atoms with Crippen molar-refractivity contribution >= 4 is 33.1 Å². The van der Waals surface area contributed by atoms with E-state index < -0.39 is 10.0 Å². The lowest BCUT2D eigenvalue weighted by atomic mass is 10.1. The number of halogens is 1. The van der Waals surface area contributed by atoms with Crippen LogP contribution in [0.4, 0.5) is 5.69 Å². The van der Waals surface area contributed by atoms with Crippen LogP contribution in [0.5, 0.6) is 0 Å². The Morgan fingerprint density at radius 3 is 2.68 bits per heavy atom. The van der Waals surface area contributed by atoms with Crippen LogP contribution in [0.3, 0.4) is 0 Å². The fraction of sp³-hybridized carbons (Fsp3) is 0.214. The van der Waals surface area contributed by atoms with Gasteiger partial charge in [-0.25, -0.2) is 13.6 Å². The number of hydrogen-bond donors (Lipinski definition) is 2. The molecule has 0 fully saturated rings. The predicted octanol–water partition coefficient (Wildman–Crippen LogP) is 2.79. The average molecular weight is 343 g/mol. The third-order valence-corrected chi connectivity index (χ3v) is 4.41. The van der Waals surface area contributed by atoms with Gasteiger partial charge in [0.25, 0.3) is 0 Å². The van der Waals surface area contributed by atoms with Gasteiger partial charge in [0.15, 0.2) is 5.78 Å². The maximum absolute atomic E-state index is 12.0. The first-order chi connectivity index (χ1) is 10.3. The SMILES string of the molecule is CCC(=O)c1cc(S(N)(=O)=O)c(Cl)cc1NCc1ccco1. The second kappa shape index (κ2) is 6.51. The van der Waals surface area contributed by atoms with E-state index in [2.05, 4.69) is 5.32 Å². The summed E-state index contributed by atoms with van der Waals surface area (Å²) in [5.41, 5.74) is 0.656. The van der Waals surface area contributed by atoms with Crippen LogP contribution in [-0.2, 0) is 16.6 Å². The normalized spacial score (nSPS) is 11.4. The average Bonchev–Trinajstić information content (AvgIpc) is 2.96. The highest BCUT2D eigenvalue weighted by Gasteiger charge is 2.19. The monoisotopic (exact) mass is 342 g/mol. The van der Waals surface area contributed by atoms with Crippen LogP contribution in [0.15, 0.2) is 39.8 Å². The largest absolute Gasteiger partial charge is 0.467 e. The number of rotatable bonds is 6. The number of nitrogens with two attached hydrogens (primary N) is 1. The van der Waals surface area contributed by atoms with E-state index in [0.717, 1.165) is 0 Å². The Bertz CT molecular complexity index is 785. The molecule has 0 aliphatic heterocycles. The van der Waals surface area contributed by atoms with E-state index in [9.17, 15) is 13.2 Å². The van der Waals surface area contributed by atoms with Crippen LogP contribution in [0.1, 0.15) is 29.5 Å². The number of primary sulfonamides is 1. The molecule has 22 heavy (non-hydrogen) atoms. The van der Waals surface area contributed by atoms with E-state index in [1.54, 1.807) is 19.1 Å². The highest BCUT2D eigenvalue weighted by atomic mass is 35.5. The highest BCUT2D eigenvalue weighted by molar-refractivity contribution is 7.89. The molecule has 3 N–H and O–H groups in total. The summed E-state index contributed by atoms with van der Waals surface area (Å²) in [7, 11) is -4.00. The van der Waals surface area contributed by atoms with Crippen molar-refractivity contribution < 1.29 is 17.6 Å². The van der Waals surface area contributed by atoms with Crippen molar-refractivity contribution in [1.29, 1.82) is 0 Å². The predicted molar refractivity (Wildman–Crippen MR) is 83.5 cm³/mol. The lowest BCUT2D eigenvalue weighted by Crippen LogP contribution is -2.15.